The van der Waals surface area contributed by atoms with Crippen LogP contribution >= 0.6 is 0 Å². The highest BCUT2D eigenvalue weighted by atomic mass is 15.3. The number of nitrogen functional groups attached to an aromatic ring is 1. The third-order valence-electron chi connectivity index (χ3n) is 3.13. The van der Waals surface area contributed by atoms with Crippen molar-refractivity contribution in [2.75, 3.05) is 44.1 Å². The molecule has 0 saturated carbocycles. The molecule has 0 saturated heterocycles. The second kappa shape index (κ2) is 6.49. The number of fused-ring (bicyclic) bond motifs is 1. The number of nitrogens with zero attached hydrogens (tertiary/aromatic N) is 5. The van der Waals surface area contributed by atoms with E-state index in [1.165, 1.54) is 0 Å². The number of rotatable bonds is 7. The van der Waals surface area contributed by atoms with Gasteiger partial charge in [0.2, 0.25) is 5.95 Å². The summed E-state index contributed by atoms with van der Waals surface area (Å²) in [6.07, 6.45) is 2.81. The molecule has 0 aliphatic carbocycles. The Balaban J connectivity index is 2.25. The summed E-state index contributed by atoms with van der Waals surface area (Å²) in [6.45, 7) is 4.95. The second-order valence-electron chi connectivity index (χ2n) is 4.88. The fourth-order valence-electron chi connectivity index (χ4n) is 2.12. The van der Waals surface area contributed by atoms with Crippen LogP contribution in [0.5, 0.6) is 0 Å². The van der Waals surface area contributed by atoms with Crippen LogP contribution in [0.1, 0.15) is 13.3 Å². The van der Waals surface area contributed by atoms with E-state index in [-0.39, 0.29) is 0 Å². The summed E-state index contributed by atoms with van der Waals surface area (Å²) in [5.74, 6) is 6.68. The number of hydrazine groups is 1. The lowest BCUT2D eigenvalue weighted by atomic mass is 10.3. The lowest BCUT2D eigenvalue weighted by molar-refractivity contribution is 0.400. The first kappa shape index (κ1) is 14.5. The standard InChI is InChI=1S/C12H22N8/c1-4-20(7-5-6-19(2)3)11-9-8-14-18-10(9)15-12(16-11)17-13/h8H,4-7,13H2,1-3H3,(H2,14,15,16,17,18). The molecule has 0 fully saturated rings. The van der Waals surface area contributed by atoms with E-state index in [1.54, 1.807) is 6.20 Å². The summed E-state index contributed by atoms with van der Waals surface area (Å²) >= 11 is 0. The largest absolute Gasteiger partial charge is 0.356 e. The van der Waals surface area contributed by atoms with Gasteiger partial charge < -0.3 is 9.80 Å². The minimum absolute atomic E-state index is 0.391. The van der Waals surface area contributed by atoms with Gasteiger partial charge in [-0.3, -0.25) is 10.5 Å². The molecule has 0 unspecified atom stereocenters. The Bertz CT molecular complexity index is 549. The van der Waals surface area contributed by atoms with E-state index >= 15 is 0 Å². The van der Waals surface area contributed by atoms with Crippen molar-refractivity contribution < 1.29 is 0 Å². The smallest absolute Gasteiger partial charge is 0.241 e. The van der Waals surface area contributed by atoms with E-state index in [4.69, 9.17) is 5.84 Å². The Labute approximate surface area is 118 Å². The summed E-state index contributed by atoms with van der Waals surface area (Å²) in [4.78, 5) is 13.1. The summed E-state index contributed by atoms with van der Waals surface area (Å²) in [7, 11) is 4.15. The van der Waals surface area contributed by atoms with Gasteiger partial charge >= 0.3 is 0 Å². The monoisotopic (exact) mass is 278 g/mol. The zero-order valence-corrected chi connectivity index (χ0v) is 12.2. The molecule has 0 aromatic carbocycles. The Morgan fingerprint density at radius 1 is 1.30 bits per heavy atom. The van der Waals surface area contributed by atoms with Crippen LogP contribution in [0, 0.1) is 0 Å². The van der Waals surface area contributed by atoms with Crippen LogP contribution in [0.25, 0.3) is 11.0 Å². The topological polar surface area (TPSA) is 99.0 Å². The Morgan fingerprint density at radius 3 is 2.75 bits per heavy atom. The zero-order valence-electron chi connectivity index (χ0n) is 12.2. The molecular weight excluding hydrogens is 256 g/mol. The number of aromatic nitrogens is 4. The van der Waals surface area contributed by atoms with Crippen molar-refractivity contribution in [3.8, 4) is 0 Å². The van der Waals surface area contributed by atoms with Gasteiger partial charge in [-0.05, 0) is 34.0 Å². The predicted molar refractivity (Wildman–Crippen MR) is 80.6 cm³/mol. The number of nitrogens with two attached hydrogens (primary N) is 1. The van der Waals surface area contributed by atoms with Crippen molar-refractivity contribution in [1.82, 2.24) is 25.1 Å². The quantitative estimate of drug-likeness (QED) is 0.498. The van der Waals surface area contributed by atoms with Crippen LogP contribution < -0.4 is 16.2 Å². The molecule has 2 heterocycles. The number of hydrogen-bond acceptors (Lipinski definition) is 7. The molecule has 8 heteroatoms. The first-order valence-corrected chi connectivity index (χ1v) is 6.73. The van der Waals surface area contributed by atoms with Gasteiger partial charge in [0.15, 0.2) is 5.65 Å². The molecule has 8 nitrogen and oxygen atoms in total. The van der Waals surface area contributed by atoms with E-state index in [0.717, 1.165) is 37.3 Å². The fourth-order valence-corrected chi connectivity index (χ4v) is 2.12. The number of nitrogens with one attached hydrogen (secondary N) is 2. The second-order valence-corrected chi connectivity index (χ2v) is 4.88. The van der Waals surface area contributed by atoms with Crippen LogP contribution in [0.3, 0.4) is 0 Å². The number of H-pyrrole nitrogens is 1. The minimum Gasteiger partial charge on any atom is -0.356 e. The maximum absolute atomic E-state index is 5.43. The summed E-state index contributed by atoms with van der Waals surface area (Å²) in [5, 5.41) is 7.80. The van der Waals surface area contributed by atoms with Gasteiger partial charge in [-0.1, -0.05) is 0 Å². The summed E-state index contributed by atoms with van der Waals surface area (Å²) in [5.41, 5.74) is 3.19. The summed E-state index contributed by atoms with van der Waals surface area (Å²) < 4.78 is 0. The van der Waals surface area contributed by atoms with E-state index in [9.17, 15) is 0 Å². The molecule has 0 spiro atoms. The molecule has 2 aromatic heterocycles. The van der Waals surface area contributed by atoms with Crippen molar-refractivity contribution in [3.05, 3.63) is 6.20 Å². The number of hydrogen-bond donors (Lipinski definition) is 3. The molecule has 0 atom stereocenters. The van der Waals surface area contributed by atoms with Gasteiger partial charge in [0.05, 0.1) is 11.6 Å². The van der Waals surface area contributed by atoms with Gasteiger partial charge in [0.25, 0.3) is 0 Å². The Morgan fingerprint density at radius 2 is 2.10 bits per heavy atom. The average molecular weight is 278 g/mol. The van der Waals surface area contributed by atoms with Gasteiger partial charge in [0.1, 0.15) is 5.82 Å². The lowest BCUT2D eigenvalue weighted by Crippen LogP contribution is -2.28. The highest BCUT2D eigenvalue weighted by Crippen LogP contribution is 2.23. The van der Waals surface area contributed by atoms with Crippen molar-refractivity contribution in [2.24, 2.45) is 5.84 Å². The Hall–Kier alpha value is -1.93. The zero-order chi connectivity index (χ0) is 14.5. The van der Waals surface area contributed by atoms with E-state index in [1.807, 2.05) is 0 Å². The third-order valence-corrected chi connectivity index (χ3v) is 3.13. The molecule has 0 radical (unpaired) electrons. The van der Waals surface area contributed by atoms with Crippen LogP contribution in [-0.2, 0) is 0 Å². The Kier molecular flexibility index (Phi) is 4.70. The van der Waals surface area contributed by atoms with Crippen molar-refractivity contribution in [2.45, 2.75) is 13.3 Å². The van der Waals surface area contributed by atoms with Gasteiger partial charge in [-0.2, -0.15) is 15.1 Å². The van der Waals surface area contributed by atoms with Crippen LogP contribution in [0.15, 0.2) is 6.20 Å². The van der Waals surface area contributed by atoms with Crippen LogP contribution in [0.4, 0.5) is 11.8 Å². The van der Waals surface area contributed by atoms with Gasteiger partial charge in [0, 0.05) is 13.1 Å². The predicted octanol–water partition coefficient (Wildman–Crippen LogP) is 0.417. The molecular formula is C12H22N8. The van der Waals surface area contributed by atoms with E-state index in [0.29, 0.717) is 11.6 Å². The van der Waals surface area contributed by atoms with E-state index in [2.05, 4.69) is 56.4 Å². The first-order valence-electron chi connectivity index (χ1n) is 6.73. The van der Waals surface area contributed by atoms with Crippen molar-refractivity contribution >= 4 is 22.8 Å². The first-order chi connectivity index (χ1) is 9.65. The van der Waals surface area contributed by atoms with Crippen LogP contribution in [0.2, 0.25) is 0 Å². The van der Waals surface area contributed by atoms with Gasteiger partial charge in [-0.15, -0.1) is 0 Å². The van der Waals surface area contributed by atoms with E-state index < -0.39 is 0 Å². The van der Waals surface area contributed by atoms with Crippen molar-refractivity contribution in [3.63, 3.8) is 0 Å². The fraction of sp³-hybridized carbons (Fsp3) is 0.583. The molecule has 110 valence electrons. The highest BCUT2D eigenvalue weighted by Gasteiger charge is 2.14. The maximum Gasteiger partial charge on any atom is 0.241 e. The average Bonchev–Trinajstić information content (AvgIpc) is 2.90. The van der Waals surface area contributed by atoms with Crippen molar-refractivity contribution in [1.29, 1.82) is 0 Å². The third kappa shape index (κ3) is 3.14. The highest BCUT2D eigenvalue weighted by molar-refractivity contribution is 5.87. The molecule has 0 bridgehead atoms. The lowest BCUT2D eigenvalue weighted by Gasteiger charge is -2.23. The molecule has 20 heavy (non-hydrogen) atoms. The minimum atomic E-state index is 0.391. The maximum atomic E-state index is 5.43. The molecule has 0 aliphatic heterocycles. The number of aromatic amines is 1. The molecule has 0 aliphatic rings. The normalized spacial score (nSPS) is 11.2. The number of anilines is 2. The van der Waals surface area contributed by atoms with Gasteiger partial charge in [-0.25, -0.2) is 5.84 Å². The van der Waals surface area contributed by atoms with Crippen LogP contribution in [-0.4, -0.2) is 58.8 Å². The SMILES string of the molecule is CCN(CCCN(C)C)c1nc(NN)nc2[nH]ncc12. The summed E-state index contributed by atoms with van der Waals surface area (Å²) in [6, 6.07) is 0. The molecule has 4 N–H and O–H groups in total. The molecule has 2 aromatic rings. The molecule has 0 amide bonds. The molecule has 2 rings (SSSR count).